The predicted molar refractivity (Wildman–Crippen MR) is 59.3 cm³/mol. The molecule has 0 aliphatic rings. The van der Waals surface area contributed by atoms with E-state index in [1.54, 1.807) is 10.9 Å². The van der Waals surface area contributed by atoms with Crippen LogP contribution in [0.1, 0.15) is 26.3 Å². The van der Waals surface area contributed by atoms with Crippen molar-refractivity contribution >= 4 is 11.7 Å². The third kappa shape index (κ3) is 3.61. The SMILES string of the molecule is Cc1cn(CC(=O)NC(C)(C)C)nc1N. The normalized spacial score (nSPS) is 11.5. The second-order valence-corrected chi connectivity index (χ2v) is 4.69. The van der Waals surface area contributed by atoms with Gasteiger partial charge in [-0.1, -0.05) is 0 Å². The van der Waals surface area contributed by atoms with Gasteiger partial charge in [0.15, 0.2) is 0 Å². The van der Waals surface area contributed by atoms with Gasteiger partial charge < -0.3 is 11.1 Å². The monoisotopic (exact) mass is 210 g/mol. The Bertz CT molecular complexity index is 342. The molecular weight excluding hydrogens is 192 g/mol. The van der Waals surface area contributed by atoms with Gasteiger partial charge in [-0.2, -0.15) is 5.10 Å². The maximum Gasteiger partial charge on any atom is 0.242 e. The zero-order valence-corrected chi connectivity index (χ0v) is 9.66. The summed E-state index contributed by atoms with van der Waals surface area (Å²) in [6.07, 6.45) is 1.76. The zero-order valence-electron chi connectivity index (χ0n) is 9.66. The fourth-order valence-corrected chi connectivity index (χ4v) is 1.22. The quantitative estimate of drug-likeness (QED) is 0.754. The molecule has 5 nitrogen and oxygen atoms in total. The van der Waals surface area contributed by atoms with Gasteiger partial charge in [0.25, 0.3) is 0 Å². The number of nitrogens with one attached hydrogen (secondary N) is 1. The second-order valence-electron chi connectivity index (χ2n) is 4.69. The maximum absolute atomic E-state index is 11.5. The topological polar surface area (TPSA) is 72.9 Å². The van der Waals surface area contributed by atoms with Crippen molar-refractivity contribution in [3.8, 4) is 0 Å². The van der Waals surface area contributed by atoms with Crippen molar-refractivity contribution in [3.05, 3.63) is 11.8 Å². The van der Waals surface area contributed by atoms with E-state index < -0.39 is 0 Å². The van der Waals surface area contributed by atoms with E-state index in [-0.39, 0.29) is 18.0 Å². The molecule has 0 spiro atoms. The summed E-state index contributed by atoms with van der Waals surface area (Å²) in [5.41, 5.74) is 6.25. The van der Waals surface area contributed by atoms with Gasteiger partial charge in [0.05, 0.1) is 0 Å². The van der Waals surface area contributed by atoms with Crippen molar-refractivity contribution in [3.63, 3.8) is 0 Å². The first-order valence-corrected chi connectivity index (χ1v) is 4.88. The van der Waals surface area contributed by atoms with E-state index in [4.69, 9.17) is 5.73 Å². The van der Waals surface area contributed by atoms with Crippen LogP contribution in [0.5, 0.6) is 0 Å². The van der Waals surface area contributed by atoms with Crippen molar-refractivity contribution in [2.75, 3.05) is 5.73 Å². The van der Waals surface area contributed by atoms with E-state index >= 15 is 0 Å². The third-order valence-corrected chi connectivity index (χ3v) is 1.80. The number of carbonyl (C=O) groups is 1. The number of anilines is 1. The van der Waals surface area contributed by atoms with Crippen LogP contribution in [0.2, 0.25) is 0 Å². The zero-order chi connectivity index (χ0) is 11.6. The van der Waals surface area contributed by atoms with Gasteiger partial charge in [-0.25, -0.2) is 0 Å². The van der Waals surface area contributed by atoms with Gasteiger partial charge >= 0.3 is 0 Å². The van der Waals surface area contributed by atoms with Crippen LogP contribution >= 0.6 is 0 Å². The molecule has 0 saturated heterocycles. The number of nitrogens with zero attached hydrogens (tertiary/aromatic N) is 2. The molecule has 0 fully saturated rings. The second kappa shape index (κ2) is 3.92. The Labute approximate surface area is 89.6 Å². The van der Waals surface area contributed by atoms with E-state index in [9.17, 15) is 4.79 Å². The summed E-state index contributed by atoms with van der Waals surface area (Å²) >= 11 is 0. The molecule has 1 rings (SSSR count). The van der Waals surface area contributed by atoms with Crippen LogP contribution in [0, 0.1) is 6.92 Å². The molecule has 0 bridgehead atoms. The van der Waals surface area contributed by atoms with E-state index in [1.165, 1.54) is 0 Å². The summed E-state index contributed by atoms with van der Waals surface area (Å²) in [4.78, 5) is 11.5. The summed E-state index contributed by atoms with van der Waals surface area (Å²) in [6.45, 7) is 7.88. The molecule has 3 N–H and O–H groups in total. The molecule has 15 heavy (non-hydrogen) atoms. The third-order valence-electron chi connectivity index (χ3n) is 1.80. The summed E-state index contributed by atoms with van der Waals surface area (Å²) < 4.78 is 1.55. The first kappa shape index (κ1) is 11.6. The van der Waals surface area contributed by atoms with Gasteiger partial charge in [-0.15, -0.1) is 0 Å². The molecule has 0 aromatic carbocycles. The standard InChI is InChI=1S/C10H18N4O/c1-7-5-14(13-9(7)11)6-8(15)12-10(2,3)4/h5H,6H2,1-4H3,(H2,11,13)(H,12,15). The van der Waals surface area contributed by atoms with Crippen LogP contribution < -0.4 is 11.1 Å². The lowest BCUT2D eigenvalue weighted by atomic mass is 10.1. The molecule has 84 valence electrons. The molecule has 0 saturated carbocycles. The Morgan fingerprint density at radius 3 is 2.60 bits per heavy atom. The number of hydrogen-bond acceptors (Lipinski definition) is 3. The summed E-state index contributed by atoms with van der Waals surface area (Å²) in [5.74, 6) is 0.406. The number of nitrogen functional groups attached to an aromatic ring is 1. The number of aromatic nitrogens is 2. The average molecular weight is 210 g/mol. The highest BCUT2D eigenvalue weighted by Gasteiger charge is 2.14. The molecule has 1 aromatic rings. The fourth-order valence-electron chi connectivity index (χ4n) is 1.22. The molecule has 0 aliphatic heterocycles. The van der Waals surface area contributed by atoms with Crippen LogP contribution in [0.3, 0.4) is 0 Å². The van der Waals surface area contributed by atoms with E-state index in [2.05, 4.69) is 10.4 Å². The molecule has 0 radical (unpaired) electrons. The van der Waals surface area contributed by atoms with E-state index in [0.29, 0.717) is 5.82 Å². The Morgan fingerprint density at radius 2 is 2.20 bits per heavy atom. The van der Waals surface area contributed by atoms with Gasteiger partial charge in [0.2, 0.25) is 5.91 Å². The first-order valence-electron chi connectivity index (χ1n) is 4.88. The van der Waals surface area contributed by atoms with Gasteiger partial charge in [-0.05, 0) is 27.7 Å². The van der Waals surface area contributed by atoms with Crippen LogP contribution in [0.15, 0.2) is 6.20 Å². The predicted octanol–water partition coefficient (Wildman–Crippen LogP) is 0.688. The van der Waals surface area contributed by atoms with Gasteiger partial charge in [-0.3, -0.25) is 9.48 Å². The lowest BCUT2D eigenvalue weighted by Gasteiger charge is -2.20. The highest BCUT2D eigenvalue weighted by molar-refractivity contribution is 5.76. The number of hydrogen-bond donors (Lipinski definition) is 2. The minimum Gasteiger partial charge on any atom is -0.382 e. The van der Waals surface area contributed by atoms with Gasteiger partial charge in [0.1, 0.15) is 12.4 Å². The van der Waals surface area contributed by atoms with E-state index in [1.807, 2.05) is 27.7 Å². The molecule has 0 atom stereocenters. The van der Waals surface area contributed by atoms with Crippen molar-refractivity contribution < 1.29 is 4.79 Å². The maximum atomic E-state index is 11.5. The summed E-state index contributed by atoms with van der Waals surface area (Å²) in [7, 11) is 0. The lowest BCUT2D eigenvalue weighted by Crippen LogP contribution is -2.42. The molecule has 5 heteroatoms. The lowest BCUT2D eigenvalue weighted by molar-refractivity contribution is -0.123. The summed E-state index contributed by atoms with van der Waals surface area (Å²) in [5, 5.41) is 6.87. The largest absolute Gasteiger partial charge is 0.382 e. The fraction of sp³-hybridized carbons (Fsp3) is 0.600. The highest BCUT2D eigenvalue weighted by Crippen LogP contribution is 2.06. The van der Waals surface area contributed by atoms with Crippen LogP contribution in [0.25, 0.3) is 0 Å². The first-order chi connectivity index (χ1) is 6.78. The molecule has 1 heterocycles. The Morgan fingerprint density at radius 1 is 1.60 bits per heavy atom. The highest BCUT2D eigenvalue weighted by atomic mass is 16.2. The molecule has 0 unspecified atom stereocenters. The van der Waals surface area contributed by atoms with Crippen molar-refractivity contribution in [2.24, 2.45) is 0 Å². The molecule has 0 aliphatic carbocycles. The molecule has 1 aromatic heterocycles. The Kier molecular flexibility index (Phi) is 3.02. The van der Waals surface area contributed by atoms with E-state index in [0.717, 1.165) is 5.56 Å². The van der Waals surface area contributed by atoms with Gasteiger partial charge in [0, 0.05) is 17.3 Å². The van der Waals surface area contributed by atoms with Crippen LogP contribution in [0.4, 0.5) is 5.82 Å². The smallest absolute Gasteiger partial charge is 0.242 e. The molecular formula is C10H18N4O. The minimum absolute atomic E-state index is 0.0648. The summed E-state index contributed by atoms with van der Waals surface area (Å²) in [6, 6.07) is 0. The van der Waals surface area contributed by atoms with Crippen molar-refractivity contribution in [1.29, 1.82) is 0 Å². The van der Waals surface area contributed by atoms with Crippen LogP contribution in [-0.2, 0) is 11.3 Å². The van der Waals surface area contributed by atoms with Crippen LogP contribution in [-0.4, -0.2) is 21.2 Å². The van der Waals surface area contributed by atoms with Crippen molar-refractivity contribution in [1.82, 2.24) is 15.1 Å². The average Bonchev–Trinajstić information content (AvgIpc) is 2.26. The van der Waals surface area contributed by atoms with Crippen molar-refractivity contribution in [2.45, 2.75) is 39.8 Å². The minimum atomic E-state index is -0.217. The Hall–Kier alpha value is -1.52. The Balaban J connectivity index is 2.59. The number of nitrogens with two attached hydrogens (primary N) is 1. The number of amides is 1. The number of aryl methyl sites for hydroxylation is 1. The number of carbonyl (C=O) groups excluding carboxylic acids is 1. The molecule has 1 amide bonds. The number of rotatable bonds is 2.